The Morgan fingerprint density at radius 1 is 0.868 bits per heavy atom. The quantitative estimate of drug-likeness (QED) is 0.196. The molecule has 0 radical (unpaired) electrons. The van der Waals surface area contributed by atoms with E-state index in [1.807, 2.05) is 49.4 Å². The minimum atomic E-state index is -0.352. The van der Waals surface area contributed by atoms with Crippen LogP contribution < -0.4 is 10.6 Å². The lowest BCUT2D eigenvalue weighted by atomic mass is 10.0. The van der Waals surface area contributed by atoms with Crippen LogP contribution in [-0.4, -0.2) is 28.2 Å². The first kappa shape index (κ1) is 25.6. The minimum absolute atomic E-state index is 0.0958. The van der Waals surface area contributed by atoms with Crippen LogP contribution in [0, 0.1) is 6.92 Å². The van der Waals surface area contributed by atoms with Crippen molar-refractivity contribution in [3.05, 3.63) is 117 Å². The van der Waals surface area contributed by atoms with E-state index in [2.05, 4.69) is 37.6 Å². The first-order valence-corrected chi connectivity index (χ1v) is 13.0. The van der Waals surface area contributed by atoms with Crippen molar-refractivity contribution < 1.29 is 9.59 Å². The zero-order valence-corrected chi connectivity index (χ0v) is 22.7. The Kier molecular flexibility index (Phi) is 7.49. The summed E-state index contributed by atoms with van der Waals surface area (Å²) in [5.74, 6) is -0.311. The molecule has 5 rings (SSSR count). The monoisotopic (exact) mass is 584 g/mol. The fraction of sp³-hybridized carbons (Fsp3) is 0.0667. The van der Waals surface area contributed by atoms with Crippen molar-refractivity contribution in [3.63, 3.8) is 0 Å². The van der Waals surface area contributed by atoms with Gasteiger partial charge in [-0.1, -0.05) is 81.6 Å². The molecule has 5 aromatic rings. The first-order chi connectivity index (χ1) is 18.4. The van der Waals surface area contributed by atoms with Gasteiger partial charge in [-0.25, -0.2) is 9.97 Å². The highest BCUT2D eigenvalue weighted by Crippen LogP contribution is 2.29. The Morgan fingerprint density at radius 3 is 2.42 bits per heavy atom. The van der Waals surface area contributed by atoms with E-state index in [1.54, 1.807) is 42.5 Å². The van der Waals surface area contributed by atoms with Gasteiger partial charge in [0.05, 0.1) is 28.5 Å². The van der Waals surface area contributed by atoms with E-state index < -0.39 is 0 Å². The number of rotatable bonds is 7. The van der Waals surface area contributed by atoms with Crippen LogP contribution in [-0.2, 0) is 4.79 Å². The number of halogens is 2. The number of hydrogen-bond acceptors (Lipinski definition) is 5. The third-order valence-electron chi connectivity index (χ3n) is 5.92. The smallest absolute Gasteiger partial charge is 0.243 e. The number of carbonyl (C=O) groups is 2. The first-order valence-electron chi connectivity index (χ1n) is 11.9. The highest BCUT2D eigenvalue weighted by atomic mass is 79.9. The molecule has 1 heterocycles. The molecule has 0 saturated carbocycles. The number of fused-ring (bicyclic) bond motifs is 1. The van der Waals surface area contributed by atoms with Crippen molar-refractivity contribution in [1.29, 1.82) is 0 Å². The van der Waals surface area contributed by atoms with Crippen LogP contribution in [0.1, 0.15) is 21.5 Å². The number of anilines is 2. The lowest BCUT2D eigenvalue weighted by Crippen LogP contribution is -2.24. The molecule has 1 aromatic heterocycles. The minimum Gasteiger partial charge on any atom is -0.345 e. The van der Waals surface area contributed by atoms with Crippen molar-refractivity contribution >= 4 is 61.8 Å². The van der Waals surface area contributed by atoms with E-state index in [-0.39, 0.29) is 18.2 Å². The molecule has 0 aliphatic heterocycles. The molecule has 0 spiro atoms. The number of carbonyl (C=O) groups excluding carboxylic acids is 2. The third-order valence-corrected chi connectivity index (χ3v) is 6.75. The molecule has 1 amide bonds. The summed E-state index contributed by atoms with van der Waals surface area (Å²) in [6.07, 6.45) is 0. The molecule has 6 nitrogen and oxygen atoms in total. The fourth-order valence-electron chi connectivity index (χ4n) is 4.09. The molecule has 38 heavy (non-hydrogen) atoms. The van der Waals surface area contributed by atoms with Crippen molar-refractivity contribution in [2.75, 3.05) is 17.2 Å². The Hall–Kier alpha value is -4.07. The molecule has 0 bridgehead atoms. The fourth-order valence-corrected chi connectivity index (χ4v) is 4.68. The number of amides is 1. The van der Waals surface area contributed by atoms with E-state index in [0.29, 0.717) is 32.3 Å². The summed E-state index contributed by atoms with van der Waals surface area (Å²) < 4.78 is 0.706. The second-order valence-electron chi connectivity index (χ2n) is 8.68. The summed E-state index contributed by atoms with van der Waals surface area (Å²) in [5.41, 5.74) is 4.67. The summed E-state index contributed by atoms with van der Waals surface area (Å²) >= 11 is 9.65. The van der Waals surface area contributed by atoms with Crippen LogP contribution in [0.5, 0.6) is 0 Å². The van der Waals surface area contributed by atoms with E-state index in [0.717, 1.165) is 27.7 Å². The SMILES string of the molecule is Cc1ccc2nc(NCC(=O)Nc3ccc(Br)cc3C(=O)c3ccccc3Cl)nc(-c3ccccc3)c2c1. The maximum absolute atomic E-state index is 13.2. The van der Waals surface area contributed by atoms with E-state index in [1.165, 1.54) is 0 Å². The predicted molar refractivity (Wildman–Crippen MR) is 156 cm³/mol. The molecule has 2 N–H and O–H groups in total. The Labute approximate surface area is 233 Å². The summed E-state index contributed by atoms with van der Waals surface area (Å²) in [7, 11) is 0. The molecule has 0 fully saturated rings. The van der Waals surface area contributed by atoms with Crippen molar-refractivity contribution in [2.45, 2.75) is 6.92 Å². The van der Waals surface area contributed by atoms with Crippen LogP contribution in [0.25, 0.3) is 22.2 Å². The molecule has 0 atom stereocenters. The number of nitrogens with one attached hydrogen (secondary N) is 2. The second-order valence-corrected chi connectivity index (χ2v) is 10.0. The average Bonchev–Trinajstić information content (AvgIpc) is 2.93. The molecule has 0 saturated heterocycles. The number of hydrogen-bond donors (Lipinski definition) is 2. The van der Waals surface area contributed by atoms with E-state index in [9.17, 15) is 9.59 Å². The topological polar surface area (TPSA) is 84.0 Å². The van der Waals surface area contributed by atoms with E-state index in [4.69, 9.17) is 16.6 Å². The van der Waals surface area contributed by atoms with Gasteiger partial charge >= 0.3 is 0 Å². The number of aryl methyl sites for hydroxylation is 1. The summed E-state index contributed by atoms with van der Waals surface area (Å²) in [6.45, 7) is 1.93. The molecule has 0 unspecified atom stereocenters. The van der Waals surface area contributed by atoms with Crippen LogP contribution >= 0.6 is 27.5 Å². The number of nitrogens with zero attached hydrogens (tertiary/aromatic N) is 2. The van der Waals surface area contributed by atoms with Crippen LogP contribution in [0.2, 0.25) is 5.02 Å². The van der Waals surface area contributed by atoms with E-state index >= 15 is 0 Å². The maximum atomic E-state index is 13.2. The zero-order valence-electron chi connectivity index (χ0n) is 20.3. The van der Waals surface area contributed by atoms with Crippen LogP contribution in [0.4, 0.5) is 11.6 Å². The van der Waals surface area contributed by atoms with Gasteiger partial charge in [0.2, 0.25) is 11.9 Å². The summed E-state index contributed by atoms with van der Waals surface area (Å²) in [4.78, 5) is 35.5. The Bertz CT molecular complexity index is 1670. The van der Waals surface area contributed by atoms with Crippen LogP contribution in [0.15, 0.2) is 95.5 Å². The predicted octanol–water partition coefficient (Wildman–Crippen LogP) is 7.30. The molecule has 4 aromatic carbocycles. The lowest BCUT2D eigenvalue weighted by Gasteiger charge is -2.13. The van der Waals surface area contributed by atoms with Crippen molar-refractivity contribution in [1.82, 2.24) is 9.97 Å². The average molecular weight is 586 g/mol. The van der Waals surface area contributed by atoms with Gasteiger partial charge in [-0.3, -0.25) is 9.59 Å². The standard InChI is InChI=1S/C30H22BrClN4O2/c1-18-11-13-25-22(15-18)28(19-7-3-2-4-8-19)36-30(35-25)33-17-27(37)34-26-14-12-20(31)16-23(26)29(38)21-9-5-6-10-24(21)32/h2-16H,17H2,1H3,(H,34,37)(H,33,35,36). The van der Waals surface area contributed by atoms with Crippen LogP contribution in [0.3, 0.4) is 0 Å². The second kappa shape index (κ2) is 11.1. The normalized spacial score (nSPS) is 10.8. The van der Waals surface area contributed by atoms with Gasteiger partial charge in [0.25, 0.3) is 0 Å². The lowest BCUT2D eigenvalue weighted by molar-refractivity contribution is -0.114. The molecule has 0 aliphatic carbocycles. The number of aromatic nitrogens is 2. The van der Waals surface area contributed by atoms with Gasteiger partial charge in [-0.05, 0) is 49.4 Å². The summed E-state index contributed by atoms with van der Waals surface area (Å²) in [5, 5.41) is 7.14. The van der Waals surface area contributed by atoms with Crippen molar-refractivity contribution in [3.8, 4) is 11.3 Å². The highest BCUT2D eigenvalue weighted by molar-refractivity contribution is 9.10. The molecule has 188 valence electrons. The Balaban J connectivity index is 1.38. The maximum Gasteiger partial charge on any atom is 0.243 e. The van der Waals surface area contributed by atoms with Gasteiger partial charge in [-0.2, -0.15) is 0 Å². The largest absolute Gasteiger partial charge is 0.345 e. The molecule has 8 heteroatoms. The summed E-state index contributed by atoms with van der Waals surface area (Å²) in [6, 6.07) is 27.7. The highest BCUT2D eigenvalue weighted by Gasteiger charge is 2.18. The third kappa shape index (κ3) is 5.59. The van der Waals surface area contributed by atoms with Gasteiger partial charge in [0.1, 0.15) is 0 Å². The Morgan fingerprint density at radius 2 is 1.63 bits per heavy atom. The van der Waals surface area contributed by atoms with Crippen molar-refractivity contribution in [2.24, 2.45) is 0 Å². The van der Waals surface area contributed by atoms with Gasteiger partial charge in [0.15, 0.2) is 5.78 Å². The number of benzene rings is 4. The van der Waals surface area contributed by atoms with Gasteiger partial charge in [0, 0.05) is 26.5 Å². The molecular formula is C30H22BrClN4O2. The van der Waals surface area contributed by atoms with Gasteiger partial charge < -0.3 is 10.6 Å². The van der Waals surface area contributed by atoms with Gasteiger partial charge in [-0.15, -0.1) is 0 Å². The molecular weight excluding hydrogens is 564 g/mol. The number of ketones is 1. The molecule has 0 aliphatic rings. The zero-order chi connectivity index (χ0) is 26.6.